The number of methoxy groups -OCH3 is 1. The maximum absolute atomic E-state index is 13.0. The van der Waals surface area contributed by atoms with Gasteiger partial charge in [-0.05, 0) is 66.9 Å². The van der Waals surface area contributed by atoms with Crippen LogP contribution in [0.1, 0.15) is 33.5 Å². The minimum atomic E-state index is -4.42. The first kappa shape index (κ1) is 27.5. The number of hydrogen-bond acceptors (Lipinski definition) is 4. The number of anilines is 1. The van der Waals surface area contributed by atoms with Gasteiger partial charge in [-0.2, -0.15) is 18.3 Å². The molecule has 3 aromatic carbocycles. The van der Waals surface area contributed by atoms with Crippen LogP contribution in [0.15, 0.2) is 78.9 Å². The molecule has 4 rings (SSSR count). The number of nitrogens with zero attached hydrogens (tertiary/aromatic N) is 2. The molecule has 0 atom stereocenters. The molecule has 0 radical (unpaired) electrons. The Morgan fingerprint density at radius 2 is 1.79 bits per heavy atom. The molecule has 0 bridgehead atoms. The van der Waals surface area contributed by atoms with Crippen molar-refractivity contribution in [3.8, 4) is 11.5 Å². The summed E-state index contributed by atoms with van der Waals surface area (Å²) in [6.45, 7) is 4.18. The van der Waals surface area contributed by atoms with Crippen LogP contribution in [-0.2, 0) is 24.1 Å². The van der Waals surface area contributed by atoms with Crippen LogP contribution >= 0.6 is 0 Å². The van der Waals surface area contributed by atoms with E-state index in [0.717, 1.165) is 34.6 Å². The summed E-state index contributed by atoms with van der Waals surface area (Å²) in [6.07, 6.45) is -1.37. The number of alkyl halides is 3. The summed E-state index contributed by atoms with van der Waals surface area (Å²) in [5.41, 5.74) is 3.06. The molecule has 0 fully saturated rings. The minimum Gasteiger partial charge on any atom is -0.496 e. The van der Waals surface area contributed by atoms with Gasteiger partial charge < -0.3 is 14.8 Å². The van der Waals surface area contributed by atoms with Crippen molar-refractivity contribution in [2.45, 2.75) is 33.2 Å². The summed E-state index contributed by atoms with van der Waals surface area (Å²) in [5, 5.41) is 7.02. The molecule has 0 aliphatic heterocycles. The van der Waals surface area contributed by atoms with Gasteiger partial charge >= 0.3 is 6.18 Å². The molecule has 9 heteroatoms. The number of para-hydroxylation sites is 1. The fourth-order valence-corrected chi connectivity index (χ4v) is 3.98. The number of ether oxygens (including phenoxy) is 2. The van der Waals surface area contributed by atoms with E-state index in [1.54, 1.807) is 36.9 Å². The Morgan fingerprint density at radius 3 is 2.54 bits per heavy atom. The van der Waals surface area contributed by atoms with Crippen molar-refractivity contribution in [1.82, 2.24) is 9.78 Å². The normalized spacial score (nSPS) is 11.5. The quantitative estimate of drug-likeness (QED) is 0.239. The highest BCUT2D eigenvalue weighted by Gasteiger charge is 2.30. The topological polar surface area (TPSA) is 65.4 Å². The lowest BCUT2D eigenvalue weighted by Crippen LogP contribution is -2.10. The number of nitrogens with one attached hydrogen (secondary N) is 1. The fraction of sp³-hybridized carbons (Fsp3) is 0.200. The van der Waals surface area contributed by atoms with Gasteiger partial charge in [0.1, 0.15) is 18.1 Å². The zero-order chi connectivity index (χ0) is 28.0. The molecule has 0 aliphatic carbocycles. The van der Waals surface area contributed by atoms with Crippen LogP contribution in [0, 0.1) is 13.8 Å². The first-order valence-electron chi connectivity index (χ1n) is 12.2. The van der Waals surface area contributed by atoms with Crippen molar-refractivity contribution in [2.24, 2.45) is 0 Å². The monoisotopic (exact) mass is 535 g/mol. The lowest BCUT2D eigenvalue weighted by Gasteiger charge is -2.12. The van der Waals surface area contributed by atoms with Gasteiger partial charge in [0, 0.05) is 23.4 Å². The molecule has 1 N–H and O–H groups in total. The van der Waals surface area contributed by atoms with Crippen molar-refractivity contribution < 1.29 is 27.4 Å². The molecule has 1 heterocycles. The summed E-state index contributed by atoms with van der Waals surface area (Å²) >= 11 is 0. The highest BCUT2D eigenvalue weighted by atomic mass is 19.4. The average Bonchev–Trinajstić information content (AvgIpc) is 3.24. The summed E-state index contributed by atoms with van der Waals surface area (Å²) in [6, 6.07) is 20.0. The number of hydrogen-bond donors (Lipinski definition) is 1. The number of rotatable bonds is 9. The highest BCUT2D eigenvalue weighted by molar-refractivity contribution is 6.01. The molecule has 0 unspecified atom stereocenters. The molecule has 1 aromatic heterocycles. The summed E-state index contributed by atoms with van der Waals surface area (Å²) in [5.74, 6) is 1.36. The molecule has 6 nitrogen and oxygen atoms in total. The van der Waals surface area contributed by atoms with Gasteiger partial charge in [0.05, 0.1) is 19.2 Å². The fourth-order valence-electron chi connectivity index (χ4n) is 3.98. The number of benzene rings is 3. The molecular formula is C30H28F3N3O3. The molecule has 202 valence electrons. The van der Waals surface area contributed by atoms with Crippen molar-refractivity contribution in [2.75, 3.05) is 12.4 Å². The molecule has 4 aromatic rings. The second kappa shape index (κ2) is 11.9. The molecule has 0 aliphatic rings. The molecule has 1 amide bonds. The van der Waals surface area contributed by atoms with Crippen LogP contribution in [0.4, 0.5) is 19.0 Å². The van der Waals surface area contributed by atoms with Crippen LogP contribution in [0.2, 0.25) is 0 Å². The van der Waals surface area contributed by atoms with Gasteiger partial charge in [0.15, 0.2) is 5.82 Å². The van der Waals surface area contributed by atoms with E-state index >= 15 is 0 Å². The van der Waals surface area contributed by atoms with E-state index in [4.69, 9.17) is 9.47 Å². The molecule has 0 spiro atoms. The van der Waals surface area contributed by atoms with E-state index < -0.39 is 17.6 Å². The van der Waals surface area contributed by atoms with Crippen LogP contribution in [-0.4, -0.2) is 22.8 Å². The van der Waals surface area contributed by atoms with Crippen molar-refractivity contribution in [3.05, 3.63) is 112 Å². The largest absolute Gasteiger partial charge is 0.496 e. The minimum absolute atomic E-state index is 0.140. The Kier molecular flexibility index (Phi) is 8.39. The van der Waals surface area contributed by atoms with Gasteiger partial charge in [0.2, 0.25) is 5.91 Å². The number of halogens is 3. The van der Waals surface area contributed by atoms with Crippen molar-refractivity contribution in [1.29, 1.82) is 0 Å². The Hall–Kier alpha value is -4.53. The van der Waals surface area contributed by atoms with E-state index in [0.29, 0.717) is 29.4 Å². The van der Waals surface area contributed by atoms with Crippen molar-refractivity contribution >= 4 is 17.8 Å². The lowest BCUT2D eigenvalue weighted by atomic mass is 10.1. The number of carbonyl (C=O) groups excluding carboxylic acids is 1. The Balaban J connectivity index is 1.40. The average molecular weight is 536 g/mol. The summed E-state index contributed by atoms with van der Waals surface area (Å²) in [7, 11) is 1.59. The highest BCUT2D eigenvalue weighted by Crippen LogP contribution is 2.30. The number of aromatic nitrogens is 2. The van der Waals surface area contributed by atoms with Crippen molar-refractivity contribution in [3.63, 3.8) is 0 Å². The standard InChI is InChI=1S/C30H28F3N3O3/c1-20-7-4-5-10-26(20)39-19-24-16-22(11-13-27(24)38-3)12-14-29(37)34-28-15-21(2)36(35-28)18-23-8-6-9-25(17-23)30(31,32)33/h4-17H,18-19H2,1-3H3,(H,34,35,37)/b14-12+. The predicted molar refractivity (Wildman–Crippen MR) is 144 cm³/mol. The Bertz CT molecular complexity index is 1490. The van der Waals surface area contributed by atoms with Gasteiger partial charge in [-0.1, -0.05) is 36.4 Å². The molecular weight excluding hydrogens is 507 g/mol. The van der Waals surface area contributed by atoms with E-state index in [1.165, 1.54) is 12.1 Å². The lowest BCUT2D eigenvalue weighted by molar-refractivity contribution is -0.137. The van der Waals surface area contributed by atoms with Crippen LogP contribution in [0.3, 0.4) is 0 Å². The first-order chi connectivity index (χ1) is 18.6. The summed E-state index contributed by atoms with van der Waals surface area (Å²) in [4.78, 5) is 12.6. The van der Waals surface area contributed by atoms with Gasteiger partial charge in [-0.15, -0.1) is 0 Å². The van der Waals surface area contributed by atoms with E-state index in [9.17, 15) is 18.0 Å². The maximum Gasteiger partial charge on any atom is 0.416 e. The number of aryl methyl sites for hydroxylation is 2. The SMILES string of the molecule is COc1ccc(/C=C/C(=O)Nc2cc(C)n(Cc3cccc(C(F)(F)F)c3)n2)cc1COc1ccccc1C. The second-order valence-corrected chi connectivity index (χ2v) is 8.97. The molecule has 0 saturated heterocycles. The van der Waals surface area contributed by atoms with Crippen LogP contribution in [0.25, 0.3) is 6.08 Å². The summed E-state index contributed by atoms with van der Waals surface area (Å²) < 4.78 is 52.0. The smallest absolute Gasteiger partial charge is 0.416 e. The molecule has 39 heavy (non-hydrogen) atoms. The zero-order valence-electron chi connectivity index (χ0n) is 21.8. The zero-order valence-corrected chi connectivity index (χ0v) is 21.8. The van der Waals surface area contributed by atoms with Gasteiger partial charge in [-0.25, -0.2) is 0 Å². The Labute approximate surface area is 224 Å². The third-order valence-electron chi connectivity index (χ3n) is 6.03. The van der Waals surface area contributed by atoms with E-state index in [1.807, 2.05) is 49.4 Å². The second-order valence-electron chi connectivity index (χ2n) is 8.97. The van der Waals surface area contributed by atoms with Gasteiger partial charge in [0.25, 0.3) is 0 Å². The molecule has 0 saturated carbocycles. The first-order valence-corrected chi connectivity index (χ1v) is 12.2. The maximum atomic E-state index is 13.0. The Morgan fingerprint density at radius 1 is 1.00 bits per heavy atom. The van der Waals surface area contributed by atoms with Gasteiger partial charge in [-0.3, -0.25) is 9.48 Å². The third-order valence-corrected chi connectivity index (χ3v) is 6.03. The van der Waals surface area contributed by atoms with E-state index in [-0.39, 0.29) is 6.54 Å². The van der Waals surface area contributed by atoms with Crippen LogP contribution < -0.4 is 14.8 Å². The van der Waals surface area contributed by atoms with E-state index in [2.05, 4.69) is 10.4 Å². The van der Waals surface area contributed by atoms with Crippen LogP contribution in [0.5, 0.6) is 11.5 Å². The number of carbonyl (C=O) groups is 1. The predicted octanol–water partition coefficient (Wildman–Crippen LogP) is 6.81. The third kappa shape index (κ3) is 7.28. The number of amides is 1.